The Morgan fingerprint density at radius 1 is 1.24 bits per heavy atom. The molecule has 2 aromatic rings. The summed E-state index contributed by atoms with van der Waals surface area (Å²) < 4.78 is 4.80. The van der Waals surface area contributed by atoms with Gasteiger partial charge in [0.15, 0.2) is 6.61 Å². The number of rotatable bonds is 5. The minimum absolute atomic E-state index is 0.277. The number of halogens is 1. The van der Waals surface area contributed by atoms with Crippen LogP contribution in [0.1, 0.15) is 10.4 Å². The van der Waals surface area contributed by atoms with Gasteiger partial charge >= 0.3 is 5.97 Å². The highest BCUT2D eigenvalue weighted by Gasteiger charge is 2.15. The van der Waals surface area contributed by atoms with Crippen LogP contribution in [-0.2, 0) is 9.53 Å². The fourth-order valence-electron chi connectivity index (χ4n) is 1.46. The Kier molecular flexibility index (Phi) is 5.19. The summed E-state index contributed by atoms with van der Waals surface area (Å²) >= 11 is 7.12. The molecule has 0 atom stereocenters. The Morgan fingerprint density at radius 3 is 2.62 bits per heavy atom. The van der Waals surface area contributed by atoms with E-state index in [1.165, 1.54) is 11.8 Å². The number of nitrogens with zero attached hydrogens (tertiary/aromatic N) is 1. The van der Waals surface area contributed by atoms with Gasteiger partial charge in [0.05, 0.1) is 5.56 Å². The summed E-state index contributed by atoms with van der Waals surface area (Å²) in [6.45, 7) is -0.460. The van der Waals surface area contributed by atoms with Gasteiger partial charge in [-0.15, -0.1) is 0 Å². The molecule has 1 aromatic carbocycles. The van der Waals surface area contributed by atoms with Gasteiger partial charge in [-0.25, -0.2) is 9.78 Å². The van der Waals surface area contributed by atoms with Crippen LogP contribution in [0.25, 0.3) is 0 Å². The summed E-state index contributed by atoms with van der Waals surface area (Å²) in [6, 6.07) is 10.3. The van der Waals surface area contributed by atoms with Crippen LogP contribution < -0.4 is 5.73 Å². The molecule has 108 valence electrons. The molecule has 0 saturated heterocycles. The van der Waals surface area contributed by atoms with Crippen molar-refractivity contribution in [2.75, 3.05) is 6.61 Å². The number of hydrogen-bond acceptors (Lipinski definition) is 5. The largest absolute Gasteiger partial charge is 0.452 e. The lowest BCUT2D eigenvalue weighted by molar-refractivity contribution is -0.121. The van der Waals surface area contributed by atoms with Crippen LogP contribution in [-0.4, -0.2) is 23.5 Å². The van der Waals surface area contributed by atoms with Gasteiger partial charge in [-0.3, -0.25) is 4.79 Å². The minimum Gasteiger partial charge on any atom is -0.452 e. The zero-order valence-electron chi connectivity index (χ0n) is 10.8. The monoisotopic (exact) mass is 322 g/mol. The van der Waals surface area contributed by atoms with E-state index >= 15 is 0 Å². The zero-order valence-corrected chi connectivity index (χ0v) is 12.4. The second-order valence-electron chi connectivity index (χ2n) is 3.95. The third-order valence-corrected chi connectivity index (χ3v) is 3.64. The number of carbonyl (C=O) groups is 2. The number of aromatic nitrogens is 1. The first-order valence-electron chi connectivity index (χ1n) is 5.90. The molecular formula is C14H11ClN2O3S. The summed E-state index contributed by atoms with van der Waals surface area (Å²) in [5.41, 5.74) is 5.22. The molecule has 21 heavy (non-hydrogen) atoms. The number of primary amides is 1. The van der Waals surface area contributed by atoms with E-state index in [2.05, 4.69) is 4.98 Å². The molecule has 2 N–H and O–H groups in total. The van der Waals surface area contributed by atoms with E-state index in [4.69, 9.17) is 22.1 Å². The molecule has 2 rings (SSSR count). The summed E-state index contributed by atoms with van der Waals surface area (Å²) in [5.74, 6) is -1.35. The Balaban J connectivity index is 2.18. The normalized spacial score (nSPS) is 10.1. The van der Waals surface area contributed by atoms with Crippen molar-refractivity contribution in [1.29, 1.82) is 0 Å². The van der Waals surface area contributed by atoms with Crippen LogP contribution in [0.5, 0.6) is 0 Å². The highest BCUT2D eigenvalue weighted by Crippen LogP contribution is 2.29. The molecule has 0 aliphatic heterocycles. The summed E-state index contributed by atoms with van der Waals surface area (Å²) in [7, 11) is 0. The predicted molar refractivity (Wildman–Crippen MR) is 79.3 cm³/mol. The second-order valence-corrected chi connectivity index (χ2v) is 5.45. The Bertz CT molecular complexity index is 662. The molecule has 1 amide bonds. The van der Waals surface area contributed by atoms with E-state index in [9.17, 15) is 9.59 Å². The molecule has 0 aliphatic rings. The van der Waals surface area contributed by atoms with Crippen LogP contribution in [0, 0.1) is 0 Å². The molecule has 7 heteroatoms. The van der Waals surface area contributed by atoms with Crippen molar-refractivity contribution < 1.29 is 14.3 Å². The van der Waals surface area contributed by atoms with Crippen LogP contribution >= 0.6 is 23.4 Å². The SMILES string of the molecule is NC(=O)COC(=O)c1cccnc1Sc1ccc(Cl)cc1. The molecule has 1 aromatic heterocycles. The van der Waals surface area contributed by atoms with Crippen molar-refractivity contribution in [3.8, 4) is 0 Å². The van der Waals surface area contributed by atoms with E-state index < -0.39 is 18.5 Å². The quantitative estimate of drug-likeness (QED) is 0.855. The first-order valence-corrected chi connectivity index (χ1v) is 7.09. The number of esters is 1. The Labute approximate surface area is 130 Å². The van der Waals surface area contributed by atoms with Gasteiger partial charge in [-0.1, -0.05) is 23.4 Å². The number of nitrogens with two attached hydrogens (primary N) is 1. The van der Waals surface area contributed by atoms with E-state index in [0.717, 1.165) is 4.90 Å². The van der Waals surface area contributed by atoms with Gasteiger partial charge in [0.1, 0.15) is 5.03 Å². The number of carbonyl (C=O) groups excluding carboxylic acids is 2. The first-order chi connectivity index (χ1) is 10.1. The first kappa shape index (κ1) is 15.3. The Hall–Kier alpha value is -2.05. The van der Waals surface area contributed by atoms with Crippen molar-refractivity contribution in [1.82, 2.24) is 4.98 Å². The molecule has 1 heterocycles. The lowest BCUT2D eigenvalue weighted by atomic mass is 10.3. The van der Waals surface area contributed by atoms with Gasteiger partial charge in [-0.05, 0) is 36.4 Å². The summed E-state index contributed by atoms with van der Waals surface area (Å²) in [5, 5.41) is 1.11. The summed E-state index contributed by atoms with van der Waals surface area (Å²) in [4.78, 5) is 27.6. The number of benzene rings is 1. The average molecular weight is 323 g/mol. The molecule has 0 spiro atoms. The number of hydrogen-bond donors (Lipinski definition) is 1. The maximum atomic E-state index is 11.9. The van der Waals surface area contributed by atoms with Crippen molar-refractivity contribution in [2.45, 2.75) is 9.92 Å². The fourth-order valence-corrected chi connectivity index (χ4v) is 2.45. The molecule has 0 unspecified atom stereocenters. The number of amides is 1. The molecule has 0 aliphatic carbocycles. The van der Waals surface area contributed by atoms with Gasteiger partial charge in [0, 0.05) is 16.1 Å². The Morgan fingerprint density at radius 2 is 1.95 bits per heavy atom. The minimum atomic E-state index is -0.709. The van der Waals surface area contributed by atoms with Gasteiger partial charge in [-0.2, -0.15) is 0 Å². The molecule has 0 saturated carbocycles. The highest BCUT2D eigenvalue weighted by molar-refractivity contribution is 7.99. The molecule has 0 fully saturated rings. The number of ether oxygens (including phenoxy) is 1. The van der Waals surface area contributed by atoms with Crippen LogP contribution in [0.2, 0.25) is 5.02 Å². The van der Waals surface area contributed by atoms with E-state index in [1.54, 1.807) is 30.5 Å². The van der Waals surface area contributed by atoms with Crippen molar-refractivity contribution in [2.24, 2.45) is 5.73 Å². The fraction of sp³-hybridized carbons (Fsp3) is 0.0714. The third-order valence-electron chi connectivity index (χ3n) is 2.36. The van der Waals surface area contributed by atoms with E-state index in [0.29, 0.717) is 10.0 Å². The topological polar surface area (TPSA) is 82.3 Å². The standard InChI is InChI=1S/C14H11ClN2O3S/c15-9-3-5-10(6-4-9)21-13-11(2-1-7-17-13)14(19)20-8-12(16)18/h1-7H,8H2,(H2,16,18). The highest BCUT2D eigenvalue weighted by atomic mass is 35.5. The average Bonchev–Trinajstić information content (AvgIpc) is 2.48. The van der Waals surface area contributed by atoms with Gasteiger partial charge in [0.2, 0.25) is 0 Å². The van der Waals surface area contributed by atoms with Crippen molar-refractivity contribution in [3.05, 3.63) is 53.2 Å². The maximum absolute atomic E-state index is 11.9. The van der Waals surface area contributed by atoms with Crippen molar-refractivity contribution >= 4 is 35.2 Å². The van der Waals surface area contributed by atoms with Gasteiger partial charge in [0.25, 0.3) is 5.91 Å². The van der Waals surface area contributed by atoms with Gasteiger partial charge < -0.3 is 10.5 Å². The smallest absolute Gasteiger partial charge is 0.341 e. The molecule has 5 nitrogen and oxygen atoms in total. The van der Waals surface area contributed by atoms with E-state index in [-0.39, 0.29) is 5.56 Å². The lowest BCUT2D eigenvalue weighted by Gasteiger charge is -2.07. The molecule has 0 radical (unpaired) electrons. The third kappa shape index (κ3) is 4.47. The second kappa shape index (κ2) is 7.10. The van der Waals surface area contributed by atoms with Crippen LogP contribution in [0.15, 0.2) is 52.5 Å². The predicted octanol–water partition coefficient (Wildman–Crippen LogP) is 2.53. The molecular weight excluding hydrogens is 312 g/mol. The number of pyridine rings is 1. The van der Waals surface area contributed by atoms with Crippen LogP contribution in [0.3, 0.4) is 0 Å². The van der Waals surface area contributed by atoms with Crippen molar-refractivity contribution in [3.63, 3.8) is 0 Å². The summed E-state index contributed by atoms with van der Waals surface area (Å²) in [6.07, 6.45) is 1.57. The van der Waals surface area contributed by atoms with E-state index in [1.807, 2.05) is 12.1 Å². The maximum Gasteiger partial charge on any atom is 0.341 e. The molecule has 0 bridgehead atoms. The zero-order chi connectivity index (χ0) is 15.2. The van der Waals surface area contributed by atoms with Crippen LogP contribution in [0.4, 0.5) is 0 Å². The lowest BCUT2D eigenvalue weighted by Crippen LogP contribution is -2.21.